The second-order valence-corrected chi connectivity index (χ2v) is 9.13. The number of carbonyl (C=O) groups excluding carboxylic acids is 1. The van der Waals surface area contributed by atoms with Crippen molar-refractivity contribution in [2.75, 3.05) is 33.1 Å². The summed E-state index contributed by atoms with van der Waals surface area (Å²) in [6, 6.07) is 1.32. The van der Waals surface area contributed by atoms with E-state index in [1.54, 1.807) is 23.8 Å². The minimum absolute atomic E-state index is 0.0783. The molecule has 9 nitrogen and oxygen atoms in total. The van der Waals surface area contributed by atoms with Crippen LogP contribution in [-0.2, 0) is 14.8 Å². The van der Waals surface area contributed by atoms with Crippen LogP contribution in [0.25, 0.3) is 10.8 Å². The van der Waals surface area contributed by atoms with E-state index < -0.39 is 10.0 Å². The lowest BCUT2D eigenvalue weighted by atomic mass is 10.1. The van der Waals surface area contributed by atoms with Crippen molar-refractivity contribution in [3.05, 3.63) is 29.5 Å². The van der Waals surface area contributed by atoms with Gasteiger partial charge in [-0.25, -0.2) is 27.7 Å². The number of rotatable bonds is 6. The molecule has 0 spiro atoms. The van der Waals surface area contributed by atoms with Crippen LogP contribution in [-0.4, -0.2) is 72.7 Å². The molecule has 3 heterocycles. The van der Waals surface area contributed by atoms with Gasteiger partial charge in [-0.1, -0.05) is 0 Å². The normalized spacial score (nSPS) is 20.4. The van der Waals surface area contributed by atoms with E-state index in [9.17, 15) is 13.2 Å². The maximum Gasteiger partial charge on any atom is 0.271 e. The van der Waals surface area contributed by atoms with E-state index >= 15 is 0 Å². The summed E-state index contributed by atoms with van der Waals surface area (Å²) in [7, 11) is -0.400. The first kappa shape index (κ1) is 18.8. The van der Waals surface area contributed by atoms with Gasteiger partial charge in [0.2, 0.25) is 10.0 Å². The minimum atomic E-state index is -3.37. The molecule has 1 saturated heterocycles. The maximum atomic E-state index is 12.5. The Bertz CT molecular complexity index is 869. The lowest BCUT2D eigenvalue weighted by Gasteiger charge is -2.20. The molecule has 11 heteroatoms. The molecule has 1 fully saturated rings. The Morgan fingerprint density at radius 1 is 1.35 bits per heavy atom. The number of carbonyl (C=O) groups is 1. The van der Waals surface area contributed by atoms with Crippen LogP contribution < -0.4 is 5.32 Å². The van der Waals surface area contributed by atoms with Gasteiger partial charge in [0, 0.05) is 37.8 Å². The van der Waals surface area contributed by atoms with E-state index in [4.69, 9.17) is 4.74 Å². The van der Waals surface area contributed by atoms with Crippen LogP contribution in [0.3, 0.4) is 0 Å². The summed E-state index contributed by atoms with van der Waals surface area (Å²) in [5.41, 5.74) is 0.249. The van der Waals surface area contributed by atoms with Crippen molar-refractivity contribution in [1.82, 2.24) is 24.6 Å². The van der Waals surface area contributed by atoms with Gasteiger partial charge in [0.25, 0.3) is 5.91 Å². The first-order chi connectivity index (χ1) is 12.4. The van der Waals surface area contributed by atoms with Gasteiger partial charge in [0.05, 0.1) is 25.0 Å². The molecule has 1 aliphatic heterocycles. The molecule has 26 heavy (non-hydrogen) atoms. The van der Waals surface area contributed by atoms with E-state index in [-0.39, 0.29) is 42.5 Å². The fourth-order valence-corrected chi connectivity index (χ4v) is 4.39. The Morgan fingerprint density at radius 3 is 2.77 bits per heavy atom. The lowest BCUT2D eigenvalue weighted by Crippen LogP contribution is -2.43. The molecule has 0 bridgehead atoms. The van der Waals surface area contributed by atoms with E-state index in [1.807, 2.05) is 0 Å². The van der Waals surface area contributed by atoms with Crippen LogP contribution in [0.1, 0.15) is 10.5 Å². The third-order valence-corrected chi connectivity index (χ3v) is 6.79. The van der Waals surface area contributed by atoms with Crippen LogP contribution >= 0.6 is 11.3 Å². The number of nitrogens with one attached hydrogen (secondary N) is 1. The lowest BCUT2D eigenvalue weighted by molar-refractivity contribution is 0.0921. The summed E-state index contributed by atoms with van der Waals surface area (Å²) in [6.07, 6.45) is 3.21. The molecular weight excluding hydrogens is 378 g/mol. The Hall–Kier alpha value is -1.95. The number of hydrogen-bond donors (Lipinski definition) is 1. The smallest absolute Gasteiger partial charge is 0.271 e. The fourth-order valence-electron chi connectivity index (χ4n) is 2.47. The highest BCUT2D eigenvalue weighted by Gasteiger charge is 2.34. The molecule has 3 rings (SSSR count). The number of thiazole rings is 1. The molecule has 0 radical (unpaired) electrons. The number of aromatic nitrogens is 3. The average Bonchev–Trinajstić information content (AvgIpc) is 3.25. The SMILES string of the molecule is CN(C)S(=O)(=O)C[C@@H]1COC[C@@H]1NC(=O)c1csc(-c2ncccn2)n1. The third-order valence-electron chi connectivity index (χ3n) is 3.99. The largest absolute Gasteiger partial charge is 0.379 e. The van der Waals surface area contributed by atoms with Crippen molar-refractivity contribution in [3.63, 3.8) is 0 Å². The summed E-state index contributed by atoms with van der Waals surface area (Å²) in [5.74, 6) is -0.297. The van der Waals surface area contributed by atoms with Crippen LogP contribution in [0.2, 0.25) is 0 Å². The van der Waals surface area contributed by atoms with Gasteiger partial charge in [0.15, 0.2) is 10.8 Å². The average molecular weight is 397 g/mol. The number of nitrogens with zero attached hydrogens (tertiary/aromatic N) is 4. The van der Waals surface area contributed by atoms with Crippen LogP contribution in [0.4, 0.5) is 0 Å². The summed E-state index contributed by atoms with van der Waals surface area (Å²) in [5, 5.41) is 5.00. The van der Waals surface area contributed by atoms with Crippen molar-refractivity contribution in [2.24, 2.45) is 5.92 Å². The van der Waals surface area contributed by atoms with Crippen molar-refractivity contribution in [3.8, 4) is 10.8 Å². The quantitative estimate of drug-likeness (QED) is 0.742. The van der Waals surface area contributed by atoms with Crippen LogP contribution in [0.5, 0.6) is 0 Å². The molecule has 140 valence electrons. The number of amides is 1. The first-order valence-electron chi connectivity index (χ1n) is 7.88. The fraction of sp³-hybridized carbons (Fsp3) is 0.467. The molecule has 2 aromatic rings. The van der Waals surface area contributed by atoms with Crippen LogP contribution in [0.15, 0.2) is 23.8 Å². The number of sulfonamides is 1. The predicted octanol–water partition coefficient (Wildman–Crippen LogP) is 0.236. The van der Waals surface area contributed by atoms with Gasteiger partial charge < -0.3 is 10.1 Å². The molecular formula is C15H19N5O4S2. The summed E-state index contributed by atoms with van der Waals surface area (Å²) in [6.45, 7) is 0.566. The van der Waals surface area contributed by atoms with Crippen molar-refractivity contribution < 1.29 is 17.9 Å². The van der Waals surface area contributed by atoms with Gasteiger partial charge in [-0.2, -0.15) is 0 Å². The summed E-state index contributed by atoms with van der Waals surface area (Å²) >= 11 is 1.27. The highest BCUT2D eigenvalue weighted by molar-refractivity contribution is 7.89. The zero-order chi connectivity index (χ0) is 18.7. The molecule has 0 unspecified atom stereocenters. The molecule has 1 aliphatic rings. The van der Waals surface area contributed by atoms with Gasteiger partial charge in [-0.15, -0.1) is 11.3 Å². The van der Waals surface area contributed by atoms with Gasteiger partial charge >= 0.3 is 0 Å². The summed E-state index contributed by atoms with van der Waals surface area (Å²) in [4.78, 5) is 24.9. The number of ether oxygens (including phenoxy) is 1. The van der Waals surface area contributed by atoms with Crippen molar-refractivity contribution in [2.45, 2.75) is 6.04 Å². The predicted molar refractivity (Wildman–Crippen MR) is 96.2 cm³/mol. The van der Waals surface area contributed by atoms with Crippen molar-refractivity contribution in [1.29, 1.82) is 0 Å². The first-order valence-corrected chi connectivity index (χ1v) is 10.4. The molecule has 0 aliphatic carbocycles. The number of hydrogen-bond acceptors (Lipinski definition) is 8. The third kappa shape index (κ3) is 4.23. The van der Waals surface area contributed by atoms with Crippen LogP contribution in [0, 0.1) is 5.92 Å². The standard InChI is InChI=1S/C15H19N5O4S2/c1-20(2)26(22,23)9-10-6-24-7-11(10)18-14(21)12-8-25-15(19-12)13-16-4-3-5-17-13/h3-5,8,10-11H,6-7,9H2,1-2H3,(H,18,21)/t10-,11-/m0/s1. The maximum absolute atomic E-state index is 12.5. The van der Waals surface area contributed by atoms with E-state index in [0.29, 0.717) is 10.8 Å². The molecule has 1 amide bonds. The van der Waals surface area contributed by atoms with E-state index in [1.165, 1.54) is 29.7 Å². The van der Waals surface area contributed by atoms with Gasteiger partial charge in [-0.05, 0) is 6.07 Å². The highest BCUT2D eigenvalue weighted by atomic mass is 32.2. The van der Waals surface area contributed by atoms with Gasteiger partial charge in [0.1, 0.15) is 5.69 Å². The second kappa shape index (κ2) is 7.74. The highest BCUT2D eigenvalue weighted by Crippen LogP contribution is 2.21. The summed E-state index contributed by atoms with van der Waals surface area (Å²) < 4.78 is 30.7. The zero-order valence-electron chi connectivity index (χ0n) is 14.3. The van der Waals surface area contributed by atoms with Gasteiger partial charge in [-0.3, -0.25) is 4.79 Å². The molecule has 2 aromatic heterocycles. The Labute approximate surface area is 155 Å². The molecule has 0 aromatic carbocycles. The molecule has 2 atom stereocenters. The second-order valence-electron chi connectivity index (χ2n) is 6.05. The zero-order valence-corrected chi connectivity index (χ0v) is 16.0. The Balaban J connectivity index is 1.67. The molecule has 1 N–H and O–H groups in total. The van der Waals surface area contributed by atoms with E-state index in [0.717, 1.165) is 0 Å². The Morgan fingerprint density at radius 2 is 2.08 bits per heavy atom. The van der Waals surface area contributed by atoms with Crippen molar-refractivity contribution >= 4 is 27.3 Å². The molecule has 0 saturated carbocycles. The minimum Gasteiger partial charge on any atom is -0.379 e. The Kier molecular flexibility index (Phi) is 5.61. The van der Waals surface area contributed by atoms with E-state index in [2.05, 4.69) is 20.3 Å². The topological polar surface area (TPSA) is 114 Å². The monoisotopic (exact) mass is 397 g/mol.